The fourth-order valence-corrected chi connectivity index (χ4v) is 1.32. The summed E-state index contributed by atoms with van der Waals surface area (Å²) in [5.41, 5.74) is -0.0375. The zero-order valence-electron chi connectivity index (χ0n) is 12.3. The number of methoxy groups -OCH3 is 1. The topological polar surface area (TPSA) is 82.5 Å². The molecule has 0 spiro atoms. The molecule has 20 heavy (non-hydrogen) atoms. The first-order chi connectivity index (χ1) is 9.23. The number of ether oxygens (including phenoxy) is 2. The van der Waals surface area contributed by atoms with E-state index in [0.29, 0.717) is 5.69 Å². The van der Waals surface area contributed by atoms with Crippen molar-refractivity contribution in [2.45, 2.75) is 26.4 Å². The van der Waals surface area contributed by atoms with Crippen LogP contribution in [0.2, 0.25) is 0 Å². The van der Waals surface area contributed by atoms with Gasteiger partial charge in [-0.25, -0.2) is 14.6 Å². The van der Waals surface area contributed by atoms with Crippen LogP contribution < -0.4 is 5.32 Å². The highest BCUT2D eigenvalue weighted by atomic mass is 16.6. The van der Waals surface area contributed by atoms with Crippen LogP contribution in [0.15, 0.2) is 18.2 Å². The first kappa shape index (κ1) is 15.7. The molecule has 0 bridgehead atoms. The number of hydrogen-bond acceptors (Lipinski definition) is 5. The van der Waals surface area contributed by atoms with Gasteiger partial charge in [0.15, 0.2) is 0 Å². The van der Waals surface area contributed by atoms with E-state index in [2.05, 4.69) is 15.0 Å². The molecule has 1 heterocycles. The normalized spacial score (nSPS) is 11.9. The van der Waals surface area contributed by atoms with Crippen LogP contribution >= 0.6 is 0 Å². The molecule has 7 heteroatoms. The Bertz CT molecular complexity index is 526. The maximum absolute atomic E-state index is 11.7. The number of alkyl carbamates (subject to hydrolysis) is 1. The van der Waals surface area contributed by atoms with Crippen molar-refractivity contribution >= 4 is 18.1 Å². The largest absolute Gasteiger partial charge is 0.464 e. The molecular formula is C13H19N3O4. The Hall–Kier alpha value is -2.31. The van der Waals surface area contributed by atoms with Crippen LogP contribution in [-0.2, 0) is 21.3 Å². The first-order valence-corrected chi connectivity index (χ1v) is 5.99. The number of carbonyl (C=O) groups is 2. The highest BCUT2D eigenvalue weighted by molar-refractivity contribution is 5.96. The molecule has 0 atom stereocenters. The Morgan fingerprint density at radius 2 is 2.05 bits per heavy atom. The number of esters is 1. The minimum atomic E-state index is -0.726. The van der Waals surface area contributed by atoms with Gasteiger partial charge < -0.3 is 14.0 Å². The summed E-state index contributed by atoms with van der Waals surface area (Å²) in [7, 11) is 3.00. The summed E-state index contributed by atoms with van der Waals surface area (Å²) in [6, 6.07) is 0. The molecule has 0 fully saturated rings. The lowest BCUT2D eigenvalue weighted by Crippen LogP contribution is -2.34. The van der Waals surface area contributed by atoms with Gasteiger partial charge in [-0.2, -0.15) is 0 Å². The zero-order chi connectivity index (χ0) is 15.3. The van der Waals surface area contributed by atoms with Crippen LogP contribution in [0.5, 0.6) is 0 Å². The smallest absolute Gasteiger partial charge is 0.412 e. The Balaban J connectivity index is 2.92. The van der Waals surface area contributed by atoms with Crippen LogP contribution in [0.4, 0.5) is 4.79 Å². The highest BCUT2D eigenvalue weighted by Gasteiger charge is 2.20. The minimum absolute atomic E-state index is 0.0228. The lowest BCUT2D eigenvalue weighted by molar-refractivity contribution is -0.136. The molecule has 1 amide bonds. The molecule has 0 aliphatic carbocycles. The lowest BCUT2D eigenvalue weighted by atomic mass is 10.2. The fraction of sp³-hybridized carbons (Fsp3) is 0.462. The van der Waals surface area contributed by atoms with E-state index >= 15 is 0 Å². The van der Waals surface area contributed by atoms with Gasteiger partial charge in [-0.15, -0.1) is 0 Å². The second-order valence-corrected chi connectivity index (χ2v) is 5.11. The van der Waals surface area contributed by atoms with Gasteiger partial charge in [-0.05, 0) is 26.8 Å². The molecule has 1 rings (SSSR count). The fourth-order valence-electron chi connectivity index (χ4n) is 1.32. The highest BCUT2D eigenvalue weighted by Crippen LogP contribution is 2.09. The van der Waals surface area contributed by atoms with Crippen molar-refractivity contribution in [1.82, 2.24) is 14.9 Å². The van der Waals surface area contributed by atoms with Crippen molar-refractivity contribution in [2.75, 3.05) is 7.11 Å². The molecular weight excluding hydrogens is 262 g/mol. The van der Waals surface area contributed by atoms with E-state index in [9.17, 15) is 9.59 Å². The molecule has 0 unspecified atom stereocenters. The van der Waals surface area contributed by atoms with Gasteiger partial charge in [0.25, 0.3) is 0 Å². The molecule has 0 aromatic carbocycles. The number of hydrogen-bond donors (Lipinski definition) is 1. The third-order valence-electron chi connectivity index (χ3n) is 2.19. The summed E-state index contributed by atoms with van der Waals surface area (Å²) in [6.45, 7) is 5.19. The number of imidazole rings is 1. The quantitative estimate of drug-likeness (QED) is 0.670. The predicted octanol–water partition coefficient (Wildman–Crippen LogP) is 1.46. The van der Waals surface area contributed by atoms with Crippen molar-refractivity contribution in [3.63, 3.8) is 0 Å². The molecule has 0 aliphatic rings. The Morgan fingerprint density at radius 1 is 1.40 bits per heavy atom. The number of rotatable bonds is 3. The van der Waals surface area contributed by atoms with Crippen LogP contribution in [-0.4, -0.2) is 34.3 Å². The van der Waals surface area contributed by atoms with E-state index in [4.69, 9.17) is 4.74 Å². The van der Waals surface area contributed by atoms with Gasteiger partial charge in [0.2, 0.25) is 0 Å². The van der Waals surface area contributed by atoms with Gasteiger partial charge in [0.05, 0.1) is 25.3 Å². The lowest BCUT2D eigenvalue weighted by Gasteiger charge is -2.20. The second kappa shape index (κ2) is 6.23. The van der Waals surface area contributed by atoms with Crippen LogP contribution in [0.1, 0.15) is 26.5 Å². The van der Waals surface area contributed by atoms with E-state index in [1.807, 2.05) is 0 Å². The van der Waals surface area contributed by atoms with Gasteiger partial charge >= 0.3 is 12.1 Å². The number of nitrogens with one attached hydrogen (secondary N) is 1. The molecule has 7 nitrogen and oxygen atoms in total. The number of aromatic nitrogens is 2. The van der Waals surface area contributed by atoms with Crippen molar-refractivity contribution in [1.29, 1.82) is 0 Å². The Labute approximate surface area is 117 Å². The predicted molar refractivity (Wildman–Crippen MR) is 72.6 cm³/mol. The summed E-state index contributed by atoms with van der Waals surface area (Å²) in [5, 5.41) is 2.37. The Kier molecular flexibility index (Phi) is 4.90. The molecule has 0 aliphatic heterocycles. The number of carbonyl (C=O) groups excluding carboxylic acids is 2. The number of amides is 1. The standard InChI is InChI=1S/C13H19N3O4/c1-13(2,3)20-12(18)15-10(11(17)19-5)6-9-7-14-8-16(9)4/h6-8H,1-5H3,(H,15,18)/b10-6+. The minimum Gasteiger partial charge on any atom is -0.464 e. The molecule has 0 radical (unpaired) electrons. The van der Waals surface area contributed by atoms with Gasteiger partial charge in [0, 0.05) is 7.05 Å². The summed E-state index contributed by atoms with van der Waals surface area (Å²) >= 11 is 0. The second-order valence-electron chi connectivity index (χ2n) is 5.11. The number of aryl methyl sites for hydroxylation is 1. The molecule has 0 saturated carbocycles. The van der Waals surface area contributed by atoms with E-state index < -0.39 is 17.7 Å². The van der Waals surface area contributed by atoms with Crippen LogP contribution in [0.3, 0.4) is 0 Å². The summed E-state index contributed by atoms with van der Waals surface area (Å²) < 4.78 is 11.4. The Morgan fingerprint density at radius 3 is 2.50 bits per heavy atom. The molecule has 0 saturated heterocycles. The van der Waals surface area contributed by atoms with E-state index in [-0.39, 0.29) is 5.70 Å². The summed E-state index contributed by atoms with van der Waals surface area (Å²) in [5.74, 6) is -0.669. The van der Waals surface area contributed by atoms with E-state index in [0.717, 1.165) is 0 Å². The van der Waals surface area contributed by atoms with Gasteiger partial charge in [-0.1, -0.05) is 0 Å². The summed E-state index contributed by atoms with van der Waals surface area (Å²) in [4.78, 5) is 27.3. The van der Waals surface area contributed by atoms with Crippen molar-refractivity contribution in [3.8, 4) is 0 Å². The SMILES string of the molecule is COC(=O)/C(=C\c1cncn1C)NC(=O)OC(C)(C)C. The monoisotopic (exact) mass is 281 g/mol. The maximum Gasteiger partial charge on any atom is 0.412 e. The van der Waals surface area contributed by atoms with Gasteiger partial charge in [-0.3, -0.25) is 5.32 Å². The van der Waals surface area contributed by atoms with Gasteiger partial charge in [0.1, 0.15) is 11.3 Å². The van der Waals surface area contributed by atoms with Crippen molar-refractivity contribution in [2.24, 2.45) is 7.05 Å². The first-order valence-electron chi connectivity index (χ1n) is 5.99. The average Bonchev–Trinajstić information content (AvgIpc) is 2.70. The zero-order valence-corrected chi connectivity index (χ0v) is 12.3. The molecule has 1 N–H and O–H groups in total. The van der Waals surface area contributed by atoms with Crippen molar-refractivity contribution < 1.29 is 19.1 Å². The molecule has 1 aromatic rings. The number of nitrogens with zero attached hydrogens (tertiary/aromatic N) is 2. The maximum atomic E-state index is 11.7. The summed E-state index contributed by atoms with van der Waals surface area (Å²) in [6.07, 6.45) is 3.87. The van der Waals surface area contributed by atoms with E-state index in [1.165, 1.54) is 13.2 Å². The molecule has 1 aromatic heterocycles. The van der Waals surface area contributed by atoms with Crippen molar-refractivity contribution in [3.05, 3.63) is 23.9 Å². The van der Waals surface area contributed by atoms with E-state index in [1.54, 1.807) is 44.9 Å². The third-order valence-corrected chi connectivity index (χ3v) is 2.19. The third kappa shape index (κ3) is 4.75. The van der Waals surface area contributed by atoms with Crippen LogP contribution in [0, 0.1) is 0 Å². The average molecular weight is 281 g/mol. The molecule has 110 valence electrons. The van der Waals surface area contributed by atoms with Crippen LogP contribution in [0.25, 0.3) is 6.08 Å².